The molecule has 1 N–H and O–H groups in total. The van der Waals surface area contributed by atoms with Gasteiger partial charge in [0.25, 0.3) is 0 Å². The Morgan fingerprint density at radius 2 is 2.05 bits per heavy atom. The van der Waals surface area contributed by atoms with Crippen LogP contribution in [0.5, 0.6) is 0 Å². The van der Waals surface area contributed by atoms with Gasteiger partial charge in [0.2, 0.25) is 0 Å². The van der Waals surface area contributed by atoms with Crippen LogP contribution in [0.3, 0.4) is 0 Å². The van der Waals surface area contributed by atoms with E-state index in [-0.39, 0.29) is 11.9 Å². The van der Waals surface area contributed by atoms with Crippen LogP contribution in [0.1, 0.15) is 44.2 Å². The van der Waals surface area contributed by atoms with Gasteiger partial charge in [-0.3, -0.25) is 4.79 Å². The third-order valence-electron chi connectivity index (χ3n) is 4.48. The minimum Gasteiger partial charge on any atom is -0.466 e. The molecule has 1 aliphatic heterocycles. The van der Waals surface area contributed by atoms with E-state index in [0.717, 1.165) is 31.4 Å². The van der Waals surface area contributed by atoms with Crippen LogP contribution in [-0.2, 0) is 9.53 Å². The number of carbonyl (C=O) groups excluding carboxylic acids is 1. The number of hydrogen-bond acceptors (Lipinski definition) is 4. The van der Waals surface area contributed by atoms with Gasteiger partial charge in [0.1, 0.15) is 0 Å². The first-order chi connectivity index (χ1) is 10.3. The zero-order valence-electron chi connectivity index (χ0n) is 12.5. The molecule has 0 radical (unpaired) electrons. The van der Waals surface area contributed by atoms with Crippen LogP contribution in [0.2, 0.25) is 0 Å². The lowest BCUT2D eigenvalue weighted by Gasteiger charge is -2.30. The van der Waals surface area contributed by atoms with Gasteiger partial charge in [-0.2, -0.15) is 0 Å². The van der Waals surface area contributed by atoms with Crippen LogP contribution < -0.4 is 5.32 Å². The fourth-order valence-corrected chi connectivity index (χ4v) is 4.51. The van der Waals surface area contributed by atoms with Crippen LogP contribution >= 0.6 is 11.8 Å². The number of thioether (sulfide) groups is 1. The van der Waals surface area contributed by atoms with Crippen molar-refractivity contribution >= 4 is 17.7 Å². The molecule has 1 atom stereocenters. The molecule has 1 aromatic rings. The molecule has 2 aliphatic rings. The molecule has 21 heavy (non-hydrogen) atoms. The van der Waals surface area contributed by atoms with Gasteiger partial charge < -0.3 is 10.1 Å². The number of nitrogens with one attached hydrogen (secondary N) is 1. The number of carbonyl (C=O) groups is 1. The third-order valence-corrected chi connectivity index (χ3v) is 5.67. The summed E-state index contributed by atoms with van der Waals surface area (Å²) in [5.74, 6) is 1.24. The summed E-state index contributed by atoms with van der Waals surface area (Å²) in [6.45, 7) is 2.37. The molecule has 3 rings (SSSR count). The molecule has 1 aliphatic carbocycles. The number of rotatable bonds is 4. The van der Waals surface area contributed by atoms with Crippen molar-refractivity contribution in [3.05, 3.63) is 29.8 Å². The van der Waals surface area contributed by atoms with Crippen molar-refractivity contribution in [3.8, 4) is 0 Å². The highest BCUT2D eigenvalue weighted by molar-refractivity contribution is 7.99. The Balaban J connectivity index is 1.51. The number of fused-ring (bicyclic) bond motifs is 1. The Hall–Kier alpha value is -1.00. The molecule has 1 fully saturated rings. The molecule has 3 nitrogen and oxygen atoms in total. The zero-order valence-corrected chi connectivity index (χ0v) is 13.3. The molecular formula is C17H23NO2S. The predicted molar refractivity (Wildman–Crippen MR) is 85.4 cm³/mol. The van der Waals surface area contributed by atoms with E-state index >= 15 is 0 Å². The Morgan fingerprint density at radius 1 is 1.29 bits per heavy atom. The Kier molecular flexibility index (Phi) is 4.86. The van der Waals surface area contributed by atoms with E-state index in [2.05, 4.69) is 29.6 Å². The largest absolute Gasteiger partial charge is 0.466 e. The maximum absolute atomic E-state index is 11.8. The van der Waals surface area contributed by atoms with Crippen LogP contribution in [0.15, 0.2) is 29.2 Å². The summed E-state index contributed by atoms with van der Waals surface area (Å²) < 4.78 is 5.13. The number of benzene rings is 1. The lowest BCUT2D eigenvalue weighted by Crippen LogP contribution is -2.37. The quantitative estimate of drug-likeness (QED) is 0.864. The molecule has 0 saturated heterocycles. The Bertz CT molecular complexity index is 497. The minimum absolute atomic E-state index is 0.00211. The average molecular weight is 305 g/mol. The summed E-state index contributed by atoms with van der Waals surface area (Å²) in [6, 6.07) is 9.68. The molecule has 1 unspecified atom stereocenters. The normalized spacial score (nSPS) is 28.1. The third kappa shape index (κ3) is 3.43. The molecule has 1 heterocycles. The van der Waals surface area contributed by atoms with Crippen molar-refractivity contribution in [1.82, 2.24) is 5.32 Å². The maximum atomic E-state index is 11.8. The molecule has 0 bridgehead atoms. The zero-order chi connectivity index (χ0) is 14.7. The van der Waals surface area contributed by atoms with Crippen molar-refractivity contribution in [2.75, 3.05) is 12.4 Å². The van der Waals surface area contributed by atoms with E-state index in [9.17, 15) is 4.79 Å². The molecule has 1 saturated carbocycles. The molecule has 0 aromatic heterocycles. The van der Waals surface area contributed by atoms with Crippen LogP contribution in [0.4, 0.5) is 0 Å². The molecule has 1 aromatic carbocycles. The fourth-order valence-electron chi connectivity index (χ4n) is 3.34. The smallest absolute Gasteiger partial charge is 0.308 e. The van der Waals surface area contributed by atoms with Crippen molar-refractivity contribution in [3.63, 3.8) is 0 Å². The highest BCUT2D eigenvalue weighted by Crippen LogP contribution is 2.39. The summed E-state index contributed by atoms with van der Waals surface area (Å²) in [7, 11) is 0. The predicted octanol–water partition coefficient (Wildman–Crippen LogP) is 3.54. The Morgan fingerprint density at radius 3 is 2.81 bits per heavy atom. The van der Waals surface area contributed by atoms with Crippen molar-refractivity contribution in [2.24, 2.45) is 5.92 Å². The summed E-state index contributed by atoms with van der Waals surface area (Å²) >= 11 is 1.94. The van der Waals surface area contributed by atoms with Gasteiger partial charge in [-0.15, -0.1) is 11.8 Å². The van der Waals surface area contributed by atoms with Gasteiger partial charge in [-0.25, -0.2) is 0 Å². The van der Waals surface area contributed by atoms with E-state index in [1.165, 1.54) is 10.5 Å². The van der Waals surface area contributed by atoms with E-state index in [0.29, 0.717) is 18.7 Å². The number of esters is 1. The second-order valence-corrected chi connectivity index (χ2v) is 6.93. The summed E-state index contributed by atoms with van der Waals surface area (Å²) in [4.78, 5) is 13.2. The van der Waals surface area contributed by atoms with Gasteiger partial charge in [0.05, 0.1) is 12.5 Å². The first-order valence-corrected chi connectivity index (χ1v) is 8.91. The topological polar surface area (TPSA) is 38.3 Å². The SMILES string of the molecule is CCOC(=O)C1CCC(NC2CSc3ccccc32)CC1. The van der Waals surface area contributed by atoms with Crippen molar-refractivity contribution < 1.29 is 9.53 Å². The summed E-state index contributed by atoms with van der Waals surface area (Å²) in [5.41, 5.74) is 1.44. The lowest BCUT2D eigenvalue weighted by molar-refractivity contribution is -0.149. The average Bonchev–Trinajstić information content (AvgIpc) is 2.92. The van der Waals surface area contributed by atoms with Gasteiger partial charge in [0, 0.05) is 22.7 Å². The monoisotopic (exact) mass is 305 g/mol. The van der Waals surface area contributed by atoms with Gasteiger partial charge in [-0.05, 0) is 44.2 Å². The number of ether oxygens (including phenoxy) is 1. The summed E-state index contributed by atoms with van der Waals surface area (Å²) in [6.07, 6.45) is 4.07. The molecular weight excluding hydrogens is 282 g/mol. The van der Waals surface area contributed by atoms with Crippen LogP contribution in [0.25, 0.3) is 0 Å². The highest BCUT2D eigenvalue weighted by Gasteiger charge is 2.30. The van der Waals surface area contributed by atoms with E-state index in [1.807, 2.05) is 18.7 Å². The van der Waals surface area contributed by atoms with Crippen LogP contribution in [-0.4, -0.2) is 24.4 Å². The van der Waals surface area contributed by atoms with Crippen molar-refractivity contribution in [1.29, 1.82) is 0 Å². The molecule has 114 valence electrons. The van der Waals surface area contributed by atoms with Gasteiger partial charge in [-0.1, -0.05) is 18.2 Å². The molecule has 0 spiro atoms. The standard InChI is InChI=1S/C17H23NO2S/c1-2-20-17(19)12-7-9-13(10-8-12)18-15-11-21-16-6-4-3-5-14(15)16/h3-6,12-13,15,18H,2,7-11H2,1H3. The number of hydrogen-bond donors (Lipinski definition) is 1. The molecule has 4 heteroatoms. The fraction of sp³-hybridized carbons (Fsp3) is 0.588. The van der Waals surface area contributed by atoms with Crippen molar-refractivity contribution in [2.45, 2.75) is 49.6 Å². The lowest BCUT2D eigenvalue weighted by atomic mass is 9.85. The first kappa shape index (κ1) is 14.9. The maximum Gasteiger partial charge on any atom is 0.308 e. The second kappa shape index (κ2) is 6.84. The van der Waals surface area contributed by atoms with Gasteiger partial charge >= 0.3 is 5.97 Å². The van der Waals surface area contributed by atoms with Gasteiger partial charge in [0.15, 0.2) is 0 Å². The van der Waals surface area contributed by atoms with Crippen LogP contribution in [0, 0.1) is 5.92 Å². The van der Waals surface area contributed by atoms with E-state index in [4.69, 9.17) is 4.74 Å². The van der Waals surface area contributed by atoms with E-state index in [1.54, 1.807) is 0 Å². The van der Waals surface area contributed by atoms with E-state index < -0.39 is 0 Å². The molecule has 0 amide bonds. The minimum atomic E-state index is -0.00211. The highest BCUT2D eigenvalue weighted by atomic mass is 32.2. The first-order valence-electron chi connectivity index (χ1n) is 7.92. The summed E-state index contributed by atoms with van der Waals surface area (Å²) in [5, 5.41) is 3.79. The second-order valence-electron chi connectivity index (χ2n) is 5.87. The Labute approximate surface area is 130 Å².